The molecule has 98 valence electrons. The standard InChI is InChI=1S/C15H17N3O/c1-15(2,19)10-18(3)14-12(9-16)8-11-6-4-5-7-13(11)17-14/h4-8,19H,10H2,1-3H3. The van der Waals surface area contributed by atoms with Crippen LogP contribution in [0.4, 0.5) is 5.82 Å². The lowest BCUT2D eigenvalue weighted by molar-refractivity contribution is 0.0884. The van der Waals surface area contributed by atoms with E-state index >= 15 is 0 Å². The van der Waals surface area contributed by atoms with E-state index in [2.05, 4.69) is 11.1 Å². The second-order valence-electron chi connectivity index (χ2n) is 5.33. The lowest BCUT2D eigenvalue weighted by Crippen LogP contribution is -2.37. The number of likely N-dealkylation sites (N-methyl/N-ethyl adjacent to an activating group) is 1. The van der Waals surface area contributed by atoms with Crippen LogP contribution < -0.4 is 4.90 Å². The van der Waals surface area contributed by atoms with Crippen LogP contribution in [0.25, 0.3) is 10.9 Å². The number of benzene rings is 1. The van der Waals surface area contributed by atoms with E-state index in [1.807, 2.05) is 42.3 Å². The summed E-state index contributed by atoms with van der Waals surface area (Å²) in [5.41, 5.74) is 0.527. The van der Waals surface area contributed by atoms with Gasteiger partial charge in [0.15, 0.2) is 0 Å². The second-order valence-corrected chi connectivity index (χ2v) is 5.33. The quantitative estimate of drug-likeness (QED) is 0.914. The Morgan fingerprint density at radius 3 is 2.68 bits per heavy atom. The zero-order chi connectivity index (χ0) is 14.0. The maximum atomic E-state index is 9.87. The Bertz CT molecular complexity index is 638. The predicted molar refractivity (Wildman–Crippen MR) is 76.0 cm³/mol. The van der Waals surface area contributed by atoms with Crippen molar-refractivity contribution < 1.29 is 5.11 Å². The molecule has 0 aliphatic heterocycles. The van der Waals surface area contributed by atoms with Crippen LogP contribution in [0.15, 0.2) is 30.3 Å². The summed E-state index contributed by atoms with van der Waals surface area (Å²) in [6.07, 6.45) is 0. The van der Waals surface area contributed by atoms with Crippen LogP contribution >= 0.6 is 0 Å². The van der Waals surface area contributed by atoms with Gasteiger partial charge in [-0.3, -0.25) is 0 Å². The van der Waals surface area contributed by atoms with E-state index in [0.717, 1.165) is 10.9 Å². The van der Waals surface area contributed by atoms with Gasteiger partial charge in [0.2, 0.25) is 0 Å². The Labute approximate surface area is 112 Å². The summed E-state index contributed by atoms with van der Waals surface area (Å²) in [5.74, 6) is 0.600. The number of nitriles is 1. The van der Waals surface area contributed by atoms with E-state index in [9.17, 15) is 10.4 Å². The Kier molecular flexibility index (Phi) is 3.41. The van der Waals surface area contributed by atoms with Gasteiger partial charge in [0.1, 0.15) is 11.9 Å². The lowest BCUT2D eigenvalue weighted by Gasteiger charge is -2.27. The highest BCUT2D eigenvalue weighted by molar-refractivity contribution is 5.83. The highest BCUT2D eigenvalue weighted by atomic mass is 16.3. The number of hydrogen-bond donors (Lipinski definition) is 1. The molecule has 0 saturated heterocycles. The molecular weight excluding hydrogens is 238 g/mol. The van der Waals surface area contributed by atoms with Crippen LogP contribution in [0.1, 0.15) is 19.4 Å². The zero-order valence-corrected chi connectivity index (χ0v) is 11.4. The molecule has 0 bridgehead atoms. The molecule has 2 rings (SSSR count). The molecule has 0 atom stereocenters. The first-order valence-electron chi connectivity index (χ1n) is 6.14. The molecular formula is C15H17N3O. The van der Waals surface area contributed by atoms with Gasteiger partial charge in [-0.25, -0.2) is 4.98 Å². The molecule has 1 heterocycles. The molecule has 0 aliphatic carbocycles. The van der Waals surface area contributed by atoms with Crippen LogP contribution in [-0.2, 0) is 0 Å². The average molecular weight is 255 g/mol. The Balaban J connectivity index is 2.50. The molecule has 1 aromatic heterocycles. The van der Waals surface area contributed by atoms with Gasteiger partial charge >= 0.3 is 0 Å². The first-order valence-corrected chi connectivity index (χ1v) is 6.14. The minimum Gasteiger partial charge on any atom is -0.389 e. The molecule has 19 heavy (non-hydrogen) atoms. The van der Waals surface area contributed by atoms with Gasteiger partial charge in [-0.05, 0) is 26.0 Å². The molecule has 4 nitrogen and oxygen atoms in total. The first-order chi connectivity index (χ1) is 8.90. The Morgan fingerprint density at radius 2 is 2.05 bits per heavy atom. The normalized spacial score (nSPS) is 11.3. The summed E-state index contributed by atoms with van der Waals surface area (Å²) in [6, 6.07) is 11.7. The molecule has 2 aromatic rings. The number of fused-ring (bicyclic) bond motifs is 1. The fraction of sp³-hybridized carbons (Fsp3) is 0.333. The number of nitrogens with zero attached hydrogens (tertiary/aromatic N) is 3. The van der Waals surface area contributed by atoms with Crippen LogP contribution in [-0.4, -0.2) is 29.3 Å². The van der Waals surface area contributed by atoms with Crippen molar-refractivity contribution in [1.82, 2.24) is 4.98 Å². The van der Waals surface area contributed by atoms with Crippen molar-refractivity contribution in [3.63, 3.8) is 0 Å². The third kappa shape index (κ3) is 3.01. The number of hydrogen-bond acceptors (Lipinski definition) is 4. The zero-order valence-electron chi connectivity index (χ0n) is 11.4. The highest BCUT2D eigenvalue weighted by Gasteiger charge is 2.19. The van der Waals surface area contributed by atoms with Crippen LogP contribution in [0.3, 0.4) is 0 Å². The van der Waals surface area contributed by atoms with Crippen molar-refractivity contribution in [2.24, 2.45) is 0 Å². The van der Waals surface area contributed by atoms with Gasteiger partial charge in [0.25, 0.3) is 0 Å². The number of aromatic nitrogens is 1. The van der Waals surface area contributed by atoms with Crippen molar-refractivity contribution in [2.45, 2.75) is 19.4 Å². The first kappa shape index (κ1) is 13.3. The number of aliphatic hydroxyl groups is 1. The van der Waals surface area contributed by atoms with Crippen molar-refractivity contribution in [1.29, 1.82) is 5.26 Å². The minimum atomic E-state index is -0.838. The summed E-state index contributed by atoms with van der Waals surface area (Å²) in [7, 11) is 1.83. The van der Waals surface area contributed by atoms with Gasteiger partial charge in [-0.15, -0.1) is 0 Å². The maximum absolute atomic E-state index is 9.87. The van der Waals surface area contributed by atoms with Gasteiger partial charge < -0.3 is 10.0 Å². The largest absolute Gasteiger partial charge is 0.389 e. The van der Waals surface area contributed by atoms with E-state index in [-0.39, 0.29) is 0 Å². The average Bonchev–Trinajstić information content (AvgIpc) is 2.35. The van der Waals surface area contributed by atoms with Crippen molar-refractivity contribution in [3.05, 3.63) is 35.9 Å². The summed E-state index contributed by atoms with van der Waals surface area (Å²) in [4.78, 5) is 6.33. The number of para-hydroxylation sites is 1. The van der Waals surface area contributed by atoms with E-state index in [1.165, 1.54) is 0 Å². The maximum Gasteiger partial charge on any atom is 0.147 e. The van der Waals surface area contributed by atoms with Crippen molar-refractivity contribution in [2.75, 3.05) is 18.5 Å². The summed E-state index contributed by atoms with van der Waals surface area (Å²) in [6.45, 7) is 3.88. The smallest absolute Gasteiger partial charge is 0.147 e. The summed E-state index contributed by atoms with van der Waals surface area (Å²) in [5, 5.41) is 20.1. The van der Waals surface area contributed by atoms with Gasteiger partial charge in [-0.2, -0.15) is 5.26 Å². The Hall–Kier alpha value is -2.12. The topological polar surface area (TPSA) is 60.1 Å². The second kappa shape index (κ2) is 4.87. The SMILES string of the molecule is CN(CC(C)(C)O)c1nc2ccccc2cc1C#N. The fourth-order valence-electron chi connectivity index (χ4n) is 2.13. The molecule has 0 unspecified atom stereocenters. The highest BCUT2D eigenvalue weighted by Crippen LogP contribution is 2.23. The van der Waals surface area contributed by atoms with Crippen molar-refractivity contribution >= 4 is 16.7 Å². The number of rotatable bonds is 3. The van der Waals surface area contributed by atoms with Crippen LogP contribution in [0.2, 0.25) is 0 Å². The van der Waals surface area contributed by atoms with Crippen LogP contribution in [0, 0.1) is 11.3 Å². The molecule has 0 amide bonds. The third-order valence-corrected chi connectivity index (χ3v) is 2.81. The molecule has 0 radical (unpaired) electrons. The summed E-state index contributed by atoms with van der Waals surface area (Å²) >= 11 is 0. The fourth-order valence-corrected chi connectivity index (χ4v) is 2.13. The molecule has 0 aliphatic rings. The van der Waals surface area contributed by atoms with E-state index < -0.39 is 5.60 Å². The number of anilines is 1. The molecule has 0 saturated carbocycles. The molecule has 1 N–H and O–H groups in total. The molecule has 0 fully saturated rings. The van der Waals surface area contributed by atoms with Crippen molar-refractivity contribution in [3.8, 4) is 6.07 Å². The summed E-state index contributed by atoms with van der Waals surface area (Å²) < 4.78 is 0. The predicted octanol–water partition coefficient (Wildman–Crippen LogP) is 2.31. The van der Waals surface area contributed by atoms with Gasteiger partial charge in [0.05, 0.1) is 16.7 Å². The number of pyridine rings is 1. The minimum absolute atomic E-state index is 0.410. The van der Waals surface area contributed by atoms with E-state index in [1.54, 1.807) is 13.8 Å². The van der Waals surface area contributed by atoms with E-state index in [0.29, 0.717) is 17.9 Å². The van der Waals surface area contributed by atoms with Crippen LogP contribution in [0.5, 0.6) is 0 Å². The third-order valence-electron chi connectivity index (χ3n) is 2.81. The lowest BCUT2D eigenvalue weighted by atomic mass is 10.1. The van der Waals surface area contributed by atoms with Gasteiger partial charge in [0, 0.05) is 19.0 Å². The monoisotopic (exact) mass is 255 g/mol. The van der Waals surface area contributed by atoms with E-state index in [4.69, 9.17) is 0 Å². The molecule has 0 spiro atoms. The molecule has 4 heteroatoms. The van der Waals surface area contributed by atoms with Gasteiger partial charge in [-0.1, -0.05) is 18.2 Å². The molecule has 1 aromatic carbocycles. The Morgan fingerprint density at radius 1 is 1.37 bits per heavy atom.